The molecule has 2 saturated carbocycles. The second-order valence-corrected chi connectivity index (χ2v) is 7.77. The zero-order chi connectivity index (χ0) is 14.9. The van der Waals surface area contributed by atoms with Crippen LogP contribution in [0.4, 0.5) is 0 Å². The van der Waals surface area contributed by atoms with Gasteiger partial charge in [-0.15, -0.1) is 0 Å². The molecule has 2 unspecified atom stereocenters. The predicted octanol–water partition coefficient (Wildman–Crippen LogP) is 1.44. The van der Waals surface area contributed by atoms with Gasteiger partial charge in [0.15, 0.2) is 0 Å². The maximum atomic E-state index is 9.96. The number of hydrogen-bond acceptors (Lipinski definition) is 4. The molecule has 0 aromatic heterocycles. The monoisotopic (exact) mass is 295 g/mol. The lowest BCUT2D eigenvalue weighted by molar-refractivity contribution is 0.0252. The molecule has 3 rings (SSSR count). The summed E-state index contributed by atoms with van der Waals surface area (Å²) >= 11 is 0. The minimum Gasteiger partial charge on any atom is -0.394 e. The van der Waals surface area contributed by atoms with E-state index in [1.807, 2.05) is 0 Å². The second kappa shape index (κ2) is 6.53. The smallest absolute Gasteiger partial charge is 0.0613 e. The van der Waals surface area contributed by atoms with Gasteiger partial charge in [-0.3, -0.25) is 9.80 Å². The average Bonchev–Trinajstić information content (AvgIpc) is 3.31. The van der Waals surface area contributed by atoms with Crippen molar-refractivity contribution >= 4 is 0 Å². The van der Waals surface area contributed by atoms with Crippen molar-refractivity contribution < 1.29 is 5.11 Å². The summed E-state index contributed by atoms with van der Waals surface area (Å²) in [6.45, 7) is 9.72. The zero-order valence-corrected chi connectivity index (χ0v) is 13.9. The highest BCUT2D eigenvalue weighted by atomic mass is 16.3. The Morgan fingerprint density at radius 2 is 1.86 bits per heavy atom. The first-order valence-corrected chi connectivity index (χ1v) is 8.98. The molecule has 2 atom stereocenters. The fourth-order valence-electron chi connectivity index (χ4n) is 4.24. The van der Waals surface area contributed by atoms with Crippen LogP contribution in [0.5, 0.6) is 0 Å². The highest BCUT2D eigenvalue weighted by Gasteiger charge is 2.41. The fraction of sp³-hybridized carbons (Fsp3) is 1.00. The number of nitrogens with zero attached hydrogens (tertiary/aromatic N) is 2. The van der Waals surface area contributed by atoms with Gasteiger partial charge in [-0.25, -0.2) is 0 Å². The van der Waals surface area contributed by atoms with E-state index in [4.69, 9.17) is 0 Å². The molecule has 1 heterocycles. The normalized spacial score (nSPS) is 36.3. The van der Waals surface area contributed by atoms with Crippen molar-refractivity contribution in [2.24, 2.45) is 0 Å². The van der Waals surface area contributed by atoms with Crippen LogP contribution in [0.2, 0.25) is 0 Å². The molecule has 1 aliphatic heterocycles. The fourth-order valence-corrected chi connectivity index (χ4v) is 4.24. The Morgan fingerprint density at radius 1 is 1.14 bits per heavy atom. The quantitative estimate of drug-likeness (QED) is 0.805. The van der Waals surface area contributed by atoms with E-state index >= 15 is 0 Å². The summed E-state index contributed by atoms with van der Waals surface area (Å²) in [5.41, 5.74) is 0.0132. The van der Waals surface area contributed by atoms with Gasteiger partial charge in [0.25, 0.3) is 0 Å². The van der Waals surface area contributed by atoms with Crippen molar-refractivity contribution in [2.75, 3.05) is 32.8 Å². The first-order chi connectivity index (χ1) is 10.1. The van der Waals surface area contributed by atoms with E-state index in [2.05, 4.69) is 29.0 Å². The molecule has 0 aromatic rings. The Balaban J connectivity index is 1.55. The van der Waals surface area contributed by atoms with Crippen LogP contribution in [-0.4, -0.2) is 71.4 Å². The molecule has 4 nitrogen and oxygen atoms in total. The van der Waals surface area contributed by atoms with Crippen molar-refractivity contribution in [1.29, 1.82) is 0 Å². The van der Waals surface area contributed by atoms with E-state index in [9.17, 15) is 5.11 Å². The molecule has 21 heavy (non-hydrogen) atoms. The molecule has 3 aliphatic rings. The molecular formula is C17H33N3O. The number of aliphatic hydroxyl groups is 1. The third-order valence-corrected chi connectivity index (χ3v) is 5.80. The molecule has 0 radical (unpaired) electrons. The van der Waals surface area contributed by atoms with Gasteiger partial charge in [0.2, 0.25) is 0 Å². The van der Waals surface area contributed by atoms with Gasteiger partial charge in [-0.2, -0.15) is 0 Å². The second-order valence-electron chi connectivity index (χ2n) is 7.77. The molecule has 0 amide bonds. The van der Waals surface area contributed by atoms with Gasteiger partial charge in [0.05, 0.1) is 6.61 Å². The lowest BCUT2D eigenvalue weighted by Gasteiger charge is -2.47. The molecule has 1 saturated heterocycles. The van der Waals surface area contributed by atoms with Crippen LogP contribution in [0.3, 0.4) is 0 Å². The number of nitrogens with one attached hydrogen (secondary N) is 1. The van der Waals surface area contributed by atoms with Crippen LogP contribution in [0, 0.1) is 0 Å². The molecular weight excluding hydrogens is 262 g/mol. The SMILES string of the molecule is CC(C)N1CCN(C2CCCC(CO)(NC3CC3)C2)CC1. The number of piperazine rings is 1. The Hall–Kier alpha value is -0.160. The van der Waals surface area contributed by atoms with Crippen LogP contribution in [0.15, 0.2) is 0 Å². The lowest BCUT2D eigenvalue weighted by atomic mass is 9.78. The minimum absolute atomic E-state index is 0.0132. The van der Waals surface area contributed by atoms with Gasteiger partial charge >= 0.3 is 0 Å². The van der Waals surface area contributed by atoms with Crippen LogP contribution in [0.1, 0.15) is 52.4 Å². The lowest BCUT2D eigenvalue weighted by Crippen LogP contribution is -2.59. The van der Waals surface area contributed by atoms with E-state index in [1.165, 1.54) is 51.9 Å². The predicted molar refractivity (Wildman–Crippen MR) is 86.5 cm³/mol. The van der Waals surface area contributed by atoms with Crippen molar-refractivity contribution in [3.8, 4) is 0 Å². The molecule has 3 fully saturated rings. The standard InChI is InChI=1S/C17H33N3O/c1-14(2)19-8-10-20(11-9-19)16-4-3-7-17(12-16,13-21)18-15-5-6-15/h14-16,18,21H,3-13H2,1-2H3. The third kappa shape index (κ3) is 3.79. The van der Waals surface area contributed by atoms with Gasteiger partial charge in [0.1, 0.15) is 0 Å². The van der Waals surface area contributed by atoms with E-state index < -0.39 is 0 Å². The summed E-state index contributed by atoms with van der Waals surface area (Å²) in [5, 5.41) is 13.7. The summed E-state index contributed by atoms with van der Waals surface area (Å²) in [5.74, 6) is 0. The van der Waals surface area contributed by atoms with Gasteiger partial charge in [-0.1, -0.05) is 0 Å². The summed E-state index contributed by atoms with van der Waals surface area (Å²) in [6.07, 6.45) is 7.48. The van der Waals surface area contributed by atoms with E-state index in [-0.39, 0.29) is 5.54 Å². The summed E-state index contributed by atoms with van der Waals surface area (Å²) < 4.78 is 0. The Bertz CT molecular complexity index is 337. The largest absolute Gasteiger partial charge is 0.394 e. The van der Waals surface area contributed by atoms with Crippen molar-refractivity contribution in [3.63, 3.8) is 0 Å². The Kier molecular flexibility index (Phi) is 4.89. The highest BCUT2D eigenvalue weighted by molar-refractivity contribution is 5.01. The third-order valence-electron chi connectivity index (χ3n) is 5.80. The van der Waals surface area contributed by atoms with E-state index in [0.717, 1.165) is 12.8 Å². The van der Waals surface area contributed by atoms with Crippen molar-refractivity contribution in [1.82, 2.24) is 15.1 Å². The molecule has 4 heteroatoms. The highest BCUT2D eigenvalue weighted by Crippen LogP contribution is 2.34. The van der Waals surface area contributed by atoms with Crippen LogP contribution >= 0.6 is 0 Å². The molecule has 0 spiro atoms. The van der Waals surface area contributed by atoms with Gasteiger partial charge in [-0.05, 0) is 52.4 Å². The van der Waals surface area contributed by atoms with Gasteiger partial charge < -0.3 is 10.4 Å². The molecule has 2 N–H and O–H groups in total. The van der Waals surface area contributed by atoms with Crippen LogP contribution in [-0.2, 0) is 0 Å². The van der Waals surface area contributed by atoms with Gasteiger partial charge in [0, 0.05) is 49.8 Å². The maximum absolute atomic E-state index is 9.96. The molecule has 2 aliphatic carbocycles. The van der Waals surface area contributed by atoms with Crippen LogP contribution < -0.4 is 5.32 Å². The van der Waals surface area contributed by atoms with E-state index in [0.29, 0.717) is 24.7 Å². The molecule has 0 aromatic carbocycles. The van der Waals surface area contributed by atoms with E-state index in [1.54, 1.807) is 0 Å². The number of rotatable bonds is 5. The Labute approximate surface area is 129 Å². The summed E-state index contributed by atoms with van der Waals surface area (Å²) in [7, 11) is 0. The first-order valence-electron chi connectivity index (χ1n) is 8.98. The minimum atomic E-state index is 0.0132. The summed E-state index contributed by atoms with van der Waals surface area (Å²) in [6, 6.07) is 2.03. The van der Waals surface area contributed by atoms with Crippen LogP contribution in [0.25, 0.3) is 0 Å². The maximum Gasteiger partial charge on any atom is 0.0613 e. The molecule has 0 bridgehead atoms. The zero-order valence-electron chi connectivity index (χ0n) is 13.9. The first kappa shape index (κ1) is 15.7. The topological polar surface area (TPSA) is 38.7 Å². The Morgan fingerprint density at radius 3 is 2.43 bits per heavy atom. The summed E-state index contributed by atoms with van der Waals surface area (Å²) in [4.78, 5) is 5.28. The van der Waals surface area contributed by atoms with Crippen molar-refractivity contribution in [2.45, 2.75) is 76.0 Å². The van der Waals surface area contributed by atoms with Crippen molar-refractivity contribution in [3.05, 3.63) is 0 Å². The average molecular weight is 295 g/mol. The molecule has 122 valence electrons. The number of aliphatic hydroxyl groups excluding tert-OH is 1. The number of hydrogen-bond donors (Lipinski definition) is 2.